The minimum atomic E-state index is 0.0404. The molecule has 0 atom stereocenters. The topological polar surface area (TPSA) is 63.7 Å². The molecule has 53 heavy (non-hydrogen) atoms. The molecule has 8 heteroatoms. The zero-order chi connectivity index (χ0) is 39.3. The fraction of sp³-hybridized carbons (Fsp3) is 0.933. The van der Waals surface area contributed by atoms with Gasteiger partial charge in [-0.1, -0.05) is 93.9 Å². The van der Waals surface area contributed by atoms with Gasteiger partial charge in [-0.15, -0.1) is 0 Å². The van der Waals surface area contributed by atoms with Gasteiger partial charge in [-0.05, 0) is 123 Å². The van der Waals surface area contributed by atoms with E-state index in [0.717, 1.165) is 89.1 Å². The van der Waals surface area contributed by atoms with Crippen LogP contribution in [0.25, 0.3) is 0 Å². The number of nitrogens with one attached hydrogen (secondary N) is 1. The highest BCUT2D eigenvalue weighted by Gasteiger charge is 2.41. The molecule has 1 aliphatic carbocycles. The number of rotatable bonds is 24. The fourth-order valence-electron chi connectivity index (χ4n) is 9.99. The number of nitrogens with zero attached hydrogens (tertiary/aromatic N) is 7. The highest BCUT2D eigenvalue weighted by atomic mass is 15.4. The molecule has 0 bridgehead atoms. The van der Waals surface area contributed by atoms with Crippen molar-refractivity contribution in [3.8, 4) is 0 Å². The number of unbranched alkanes of at least 4 members (excludes halogenated alkanes) is 7. The van der Waals surface area contributed by atoms with Crippen LogP contribution in [-0.2, 0) is 0 Å². The van der Waals surface area contributed by atoms with E-state index >= 15 is 0 Å². The molecule has 1 N–H and O–H groups in total. The van der Waals surface area contributed by atoms with Crippen molar-refractivity contribution >= 4 is 17.8 Å². The number of anilines is 3. The third-order valence-corrected chi connectivity index (χ3v) is 12.0. The summed E-state index contributed by atoms with van der Waals surface area (Å²) in [5.41, 5.74) is 0.947. The molecule has 8 nitrogen and oxygen atoms in total. The van der Waals surface area contributed by atoms with Crippen molar-refractivity contribution in [2.75, 3.05) is 61.0 Å². The van der Waals surface area contributed by atoms with Crippen molar-refractivity contribution in [2.45, 2.75) is 215 Å². The largest absolute Gasteiger partial charge is 0.341 e. The molecular weight excluding hydrogens is 653 g/mol. The third kappa shape index (κ3) is 15.4. The van der Waals surface area contributed by atoms with Gasteiger partial charge in [0, 0.05) is 55.9 Å². The predicted molar refractivity (Wildman–Crippen MR) is 232 cm³/mol. The monoisotopic (exact) mass is 741 g/mol. The lowest BCUT2D eigenvalue weighted by Gasteiger charge is -2.49. The minimum absolute atomic E-state index is 0.0404. The van der Waals surface area contributed by atoms with Gasteiger partial charge in [-0.2, -0.15) is 15.0 Å². The lowest BCUT2D eigenvalue weighted by molar-refractivity contribution is 0.0349. The van der Waals surface area contributed by atoms with Crippen LogP contribution in [0.15, 0.2) is 0 Å². The quantitative estimate of drug-likeness (QED) is 0.105. The molecule has 2 heterocycles. The lowest BCUT2D eigenvalue weighted by atomic mass is 9.63. The molecule has 1 aromatic heterocycles. The second-order valence-corrected chi connectivity index (χ2v) is 20.2. The standard InChI is InChI=1S/C45H88N8/c1-14-18-27-51(28-19-15-2)39-46-40(52(29-20-16-3)30-21-17-4)48-41(47-39)53(38-34-44(9,10)49-45(11,12)35-38)31-25-23-22-24-26-50(13)37-32-42(5,6)36-43(7,8)33-37/h37-38,49H,14-36H2,1-13H3. The van der Waals surface area contributed by atoms with Crippen LogP contribution in [0, 0.1) is 10.8 Å². The predicted octanol–water partition coefficient (Wildman–Crippen LogP) is 10.9. The zero-order valence-electron chi connectivity index (χ0n) is 37.5. The summed E-state index contributed by atoms with van der Waals surface area (Å²) < 4.78 is 0. The number of aromatic nitrogens is 3. The fourth-order valence-corrected chi connectivity index (χ4v) is 9.99. The Kier molecular flexibility index (Phi) is 18.1. The summed E-state index contributed by atoms with van der Waals surface area (Å²) in [6.07, 6.45) is 20.4. The Morgan fingerprint density at radius 1 is 0.491 bits per heavy atom. The van der Waals surface area contributed by atoms with Crippen molar-refractivity contribution in [3.63, 3.8) is 0 Å². The molecule has 0 radical (unpaired) electrons. The maximum absolute atomic E-state index is 5.44. The van der Waals surface area contributed by atoms with E-state index in [1.165, 1.54) is 77.2 Å². The van der Waals surface area contributed by atoms with E-state index in [-0.39, 0.29) is 11.1 Å². The smallest absolute Gasteiger partial charge is 0.232 e. The Morgan fingerprint density at radius 2 is 0.887 bits per heavy atom. The maximum atomic E-state index is 5.44. The van der Waals surface area contributed by atoms with Gasteiger partial charge in [0.1, 0.15) is 0 Å². The first-order valence-corrected chi connectivity index (χ1v) is 22.5. The Morgan fingerprint density at radius 3 is 1.30 bits per heavy atom. The van der Waals surface area contributed by atoms with Gasteiger partial charge < -0.3 is 24.9 Å². The molecule has 0 unspecified atom stereocenters. The minimum Gasteiger partial charge on any atom is -0.341 e. The normalized spacial score (nSPS) is 19.8. The number of piperidine rings is 1. The Bertz CT molecular complexity index is 1090. The molecule has 2 aliphatic rings. The van der Waals surface area contributed by atoms with E-state index < -0.39 is 0 Å². The van der Waals surface area contributed by atoms with Crippen LogP contribution in [0.5, 0.6) is 0 Å². The van der Waals surface area contributed by atoms with E-state index in [0.29, 0.717) is 22.9 Å². The SMILES string of the molecule is CCCCN(CCCC)c1nc(N(CCCC)CCCC)nc(N(CCCCCCN(C)C2CC(C)(C)CC(C)(C)C2)C2CC(C)(C)NC(C)(C)C2)n1. The highest BCUT2D eigenvalue weighted by Crippen LogP contribution is 2.47. The van der Waals surface area contributed by atoms with Crippen LogP contribution in [0.3, 0.4) is 0 Å². The van der Waals surface area contributed by atoms with Gasteiger partial charge >= 0.3 is 0 Å². The van der Waals surface area contributed by atoms with Crippen LogP contribution in [0.1, 0.15) is 192 Å². The second-order valence-electron chi connectivity index (χ2n) is 20.2. The van der Waals surface area contributed by atoms with Gasteiger partial charge in [-0.25, -0.2) is 0 Å². The van der Waals surface area contributed by atoms with E-state index in [4.69, 9.17) is 15.0 Å². The van der Waals surface area contributed by atoms with Crippen LogP contribution >= 0.6 is 0 Å². The third-order valence-electron chi connectivity index (χ3n) is 12.0. The first-order valence-electron chi connectivity index (χ1n) is 22.5. The Hall–Kier alpha value is -1.67. The van der Waals surface area contributed by atoms with Crippen molar-refractivity contribution in [1.82, 2.24) is 25.2 Å². The summed E-state index contributed by atoms with van der Waals surface area (Å²) in [4.78, 5) is 26.5. The average Bonchev–Trinajstić information content (AvgIpc) is 3.05. The highest BCUT2D eigenvalue weighted by molar-refractivity contribution is 5.47. The van der Waals surface area contributed by atoms with Crippen molar-refractivity contribution in [2.24, 2.45) is 10.8 Å². The molecule has 1 saturated heterocycles. The van der Waals surface area contributed by atoms with E-state index in [1.807, 2.05) is 0 Å². The Balaban J connectivity index is 1.89. The summed E-state index contributed by atoms with van der Waals surface area (Å²) in [6.45, 7) is 34.8. The average molecular weight is 741 g/mol. The lowest BCUT2D eigenvalue weighted by Crippen LogP contribution is -2.62. The van der Waals surface area contributed by atoms with Gasteiger partial charge in [0.05, 0.1) is 0 Å². The Labute approximate surface area is 329 Å². The van der Waals surface area contributed by atoms with E-state index in [9.17, 15) is 0 Å². The molecule has 2 fully saturated rings. The van der Waals surface area contributed by atoms with Crippen molar-refractivity contribution < 1.29 is 0 Å². The van der Waals surface area contributed by atoms with Gasteiger partial charge in [0.25, 0.3) is 0 Å². The first-order chi connectivity index (χ1) is 24.9. The molecule has 3 rings (SSSR count). The molecule has 1 saturated carbocycles. The van der Waals surface area contributed by atoms with Gasteiger partial charge in [0.2, 0.25) is 17.8 Å². The summed E-state index contributed by atoms with van der Waals surface area (Å²) in [5, 5.41) is 3.95. The van der Waals surface area contributed by atoms with E-state index in [2.05, 4.69) is 115 Å². The van der Waals surface area contributed by atoms with Crippen molar-refractivity contribution in [3.05, 3.63) is 0 Å². The maximum Gasteiger partial charge on any atom is 0.232 e. The summed E-state index contributed by atoms with van der Waals surface area (Å²) in [6, 6.07) is 1.07. The van der Waals surface area contributed by atoms with Crippen molar-refractivity contribution in [1.29, 1.82) is 0 Å². The summed E-state index contributed by atoms with van der Waals surface area (Å²) in [7, 11) is 2.38. The number of hydrogen-bond donors (Lipinski definition) is 1. The van der Waals surface area contributed by atoms with Crippen LogP contribution in [-0.4, -0.2) is 89.3 Å². The zero-order valence-corrected chi connectivity index (χ0v) is 37.5. The summed E-state index contributed by atoms with van der Waals surface area (Å²) in [5.74, 6) is 2.68. The van der Waals surface area contributed by atoms with E-state index in [1.54, 1.807) is 0 Å². The molecule has 0 spiro atoms. The molecule has 0 amide bonds. The van der Waals surface area contributed by atoms with Crippen LogP contribution in [0.2, 0.25) is 0 Å². The van der Waals surface area contributed by atoms with Crippen LogP contribution in [0.4, 0.5) is 17.8 Å². The molecule has 1 aromatic rings. The molecule has 1 aliphatic heterocycles. The van der Waals surface area contributed by atoms with Crippen LogP contribution < -0.4 is 20.0 Å². The van der Waals surface area contributed by atoms with Gasteiger partial charge in [-0.3, -0.25) is 0 Å². The molecule has 308 valence electrons. The molecule has 0 aromatic carbocycles. The van der Waals surface area contributed by atoms with Gasteiger partial charge in [0.15, 0.2) is 0 Å². The first kappa shape index (κ1) is 45.7. The molecular formula is C45H88N8. The summed E-state index contributed by atoms with van der Waals surface area (Å²) >= 11 is 0. The second kappa shape index (κ2) is 21.0. The number of hydrogen-bond acceptors (Lipinski definition) is 8.